The van der Waals surface area contributed by atoms with Crippen LogP contribution in [0, 0.1) is 10.1 Å². The van der Waals surface area contributed by atoms with Crippen molar-refractivity contribution in [2.75, 3.05) is 6.61 Å². The first-order valence-electron chi connectivity index (χ1n) is 8.02. The number of esters is 1. The fourth-order valence-corrected chi connectivity index (χ4v) is 2.67. The van der Waals surface area contributed by atoms with Gasteiger partial charge >= 0.3 is 12.0 Å². The normalized spacial score (nSPS) is 29.8. The lowest BCUT2D eigenvalue weighted by atomic mass is 9.94. The Morgan fingerprint density at radius 3 is 2.50 bits per heavy atom. The molecule has 0 saturated carbocycles. The molecule has 26 heavy (non-hydrogen) atoms. The molecule has 0 radical (unpaired) electrons. The molecule has 144 valence electrons. The Labute approximate surface area is 149 Å². The standard InChI is InChI=1S/C16H21NO9/c1-2-24-15(20)10(17(22)23)13-11(18)14(12(19)16(21)26-13)25-8-9-6-4-3-5-7-9/h3-7,10-14,16,18-19,21H,2,8H2,1H3/t10?,11-,12-,13-,14+,16?/m1/s1. The number of aliphatic hydroxyl groups is 3. The van der Waals surface area contributed by atoms with E-state index in [1.165, 1.54) is 6.92 Å². The zero-order valence-corrected chi connectivity index (χ0v) is 14.0. The Balaban J connectivity index is 2.17. The molecule has 10 nitrogen and oxygen atoms in total. The van der Waals surface area contributed by atoms with Gasteiger partial charge in [0.05, 0.1) is 13.2 Å². The van der Waals surface area contributed by atoms with Crippen LogP contribution < -0.4 is 0 Å². The van der Waals surface area contributed by atoms with Gasteiger partial charge in [-0.2, -0.15) is 0 Å². The van der Waals surface area contributed by atoms with E-state index in [0.29, 0.717) is 0 Å². The summed E-state index contributed by atoms with van der Waals surface area (Å²) in [6, 6.07) is 6.72. The molecule has 0 spiro atoms. The number of hydrogen-bond acceptors (Lipinski definition) is 9. The summed E-state index contributed by atoms with van der Waals surface area (Å²) < 4.78 is 15.0. The van der Waals surface area contributed by atoms with Crippen molar-refractivity contribution in [3.63, 3.8) is 0 Å². The Bertz CT molecular complexity index is 611. The van der Waals surface area contributed by atoms with Crippen LogP contribution >= 0.6 is 0 Å². The summed E-state index contributed by atoms with van der Waals surface area (Å²) in [5.41, 5.74) is 0.723. The number of nitrogens with zero attached hydrogens (tertiary/aromatic N) is 1. The molecular weight excluding hydrogens is 350 g/mol. The maximum Gasteiger partial charge on any atom is 0.384 e. The van der Waals surface area contributed by atoms with Crippen molar-refractivity contribution in [2.24, 2.45) is 0 Å². The quantitative estimate of drug-likeness (QED) is 0.319. The third-order valence-electron chi connectivity index (χ3n) is 3.95. The minimum atomic E-state index is -2.07. The molecule has 1 fully saturated rings. The summed E-state index contributed by atoms with van der Waals surface area (Å²) in [5.74, 6) is -1.22. The SMILES string of the molecule is CCOC(=O)C([C@H]1OC(O)[C@H](O)[C@@H](OCc2ccccc2)[C@@H]1O)[N+](=O)[O-]. The second-order valence-corrected chi connectivity index (χ2v) is 5.72. The van der Waals surface area contributed by atoms with Gasteiger partial charge in [0.1, 0.15) is 18.3 Å². The van der Waals surface area contributed by atoms with Crippen molar-refractivity contribution in [2.45, 2.75) is 50.3 Å². The lowest BCUT2D eigenvalue weighted by Gasteiger charge is -2.40. The zero-order valence-electron chi connectivity index (χ0n) is 14.0. The maximum absolute atomic E-state index is 11.9. The third kappa shape index (κ3) is 4.54. The van der Waals surface area contributed by atoms with Crippen molar-refractivity contribution in [1.29, 1.82) is 0 Å². The van der Waals surface area contributed by atoms with Crippen LogP contribution in [0.3, 0.4) is 0 Å². The van der Waals surface area contributed by atoms with Gasteiger partial charge < -0.3 is 29.5 Å². The van der Waals surface area contributed by atoms with Gasteiger partial charge in [0, 0.05) is 4.92 Å². The summed E-state index contributed by atoms with van der Waals surface area (Å²) in [4.78, 5) is 22.2. The van der Waals surface area contributed by atoms with Gasteiger partial charge in [0.2, 0.25) is 0 Å². The second-order valence-electron chi connectivity index (χ2n) is 5.72. The average molecular weight is 371 g/mol. The average Bonchev–Trinajstić information content (AvgIpc) is 2.60. The van der Waals surface area contributed by atoms with Gasteiger partial charge in [-0.25, -0.2) is 4.79 Å². The summed E-state index contributed by atoms with van der Waals surface area (Å²) in [5, 5.41) is 41.5. The molecule has 0 bridgehead atoms. The number of hydrogen-bond donors (Lipinski definition) is 3. The predicted octanol–water partition coefficient (Wildman–Crippen LogP) is -0.781. The molecule has 2 unspecified atom stereocenters. The monoisotopic (exact) mass is 371 g/mol. The summed E-state index contributed by atoms with van der Waals surface area (Å²) in [6.07, 6.45) is -8.42. The fraction of sp³-hybridized carbons (Fsp3) is 0.562. The summed E-state index contributed by atoms with van der Waals surface area (Å²) in [7, 11) is 0. The molecule has 1 saturated heterocycles. The van der Waals surface area contributed by atoms with Crippen molar-refractivity contribution in [3.8, 4) is 0 Å². The summed E-state index contributed by atoms with van der Waals surface area (Å²) in [6.45, 7) is 1.34. The van der Waals surface area contributed by atoms with E-state index in [-0.39, 0.29) is 13.2 Å². The van der Waals surface area contributed by atoms with Crippen molar-refractivity contribution >= 4 is 5.97 Å². The maximum atomic E-state index is 11.9. The number of carbonyl (C=O) groups excluding carboxylic acids is 1. The van der Waals surface area contributed by atoms with E-state index < -0.39 is 47.6 Å². The summed E-state index contributed by atoms with van der Waals surface area (Å²) >= 11 is 0. The van der Waals surface area contributed by atoms with Crippen LogP contribution in [0.15, 0.2) is 30.3 Å². The lowest BCUT2D eigenvalue weighted by Crippen LogP contribution is -2.64. The highest BCUT2D eigenvalue weighted by molar-refractivity contribution is 5.75. The molecule has 0 amide bonds. The third-order valence-corrected chi connectivity index (χ3v) is 3.95. The molecule has 2 rings (SSSR count). The number of ether oxygens (including phenoxy) is 3. The molecule has 1 aromatic carbocycles. The fourth-order valence-electron chi connectivity index (χ4n) is 2.67. The van der Waals surface area contributed by atoms with E-state index in [1.54, 1.807) is 30.3 Å². The molecule has 3 N–H and O–H groups in total. The number of nitro groups is 1. The molecule has 0 aromatic heterocycles. The van der Waals surface area contributed by atoms with E-state index in [4.69, 9.17) is 9.47 Å². The smallest absolute Gasteiger partial charge is 0.384 e. The molecule has 10 heteroatoms. The van der Waals surface area contributed by atoms with Crippen LogP contribution in [0.1, 0.15) is 12.5 Å². The Hall–Kier alpha value is -2.11. The Morgan fingerprint density at radius 1 is 1.27 bits per heavy atom. The Kier molecular flexibility index (Phi) is 7.00. The molecule has 1 aliphatic rings. The minimum Gasteiger partial charge on any atom is -0.461 e. The molecule has 1 aromatic rings. The van der Waals surface area contributed by atoms with Crippen LogP contribution in [0.25, 0.3) is 0 Å². The number of rotatable bonds is 7. The number of aliphatic hydroxyl groups excluding tert-OH is 3. The minimum absolute atomic E-state index is 0.0262. The molecular formula is C16H21NO9. The van der Waals surface area contributed by atoms with Crippen LogP contribution in [0.2, 0.25) is 0 Å². The number of benzene rings is 1. The predicted molar refractivity (Wildman–Crippen MR) is 85.3 cm³/mol. The molecule has 1 heterocycles. The first kappa shape index (κ1) is 20.2. The van der Waals surface area contributed by atoms with E-state index in [1.807, 2.05) is 0 Å². The van der Waals surface area contributed by atoms with Crippen LogP contribution in [0.4, 0.5) is 0 Å². The van der Waals surface area contributed by atoms with Gasteiger partial charge in [-0.1, -0.05) is 30.3 Å². The van der Waals surface area contributed by atoms with Crippen molar-refractivity contribution in [1.82, 2.24) is 0 Å². The van der Waals surface area contributed by atoms with Gasteiger partial charge in [-0.15, -0.1) is 0 Å². The molecule has 0 aliphatic carbocycles. The largest absolute Gasteiger partial charge is 0.461 e. The molecule has 6 atom stereocenters. The van der Waals surface area contributed by atoms with Gasteiger partial charge in [0.15, 0.2) is 12.4 Å². The first-order chi connectivity index (χ1) is 12.4. The molecule has 1 aliphatic heterocycles. The van der Waals surface area contributed by atoms with Crippen LogP contribution in [-0.2, 0) is 25.6 Å². The lowest BCUT2D eigenvalue weighted by molar-refractivity contribution is -0.532. The van der Waals surface area contributed by atoms with Gasteiger partial charge in [-0.3, -0.25) is 10.1 Å². The van der Waals surface area contributed by atoms with E-state index in [0.717, 1.165) is 5.56 Å². The van der Waals surface area contributed by atoms with Crippen molar-refractivity contribution < 1.29 is 39.2 Å². The highest BCUT2D eigenvalue weighted by Gasteiger charge is 2.54. The van der Waals surface area contributed by atoms with E-state index >= 15 is 0 Å². The van der Waals surface area contributed by atoms with Crippen LogP contribution in [-0.4, -0.2) is 69.6 Å². The first-order valence-corrected chi connectivity index (χ1v) is 8.02. The van der Waals surface area contributed by atoms with Gasteiger partial charge in [-0.05, 0) is 12.5 Å². The highest BCUT2D eigenvalue weighted by atomic mass is 16.7. The topological polar surface area (TPSA) is 149 Å². The Morgan fingerprint density at radius 2 is 1.92 bits per heavy atom. The number of carbonyl (C=O) groups is 1. The second kappa shape index (κ2) is 9.01. The zero-order chi connectivity index (χ0) is 19.3. The van der Waals surface area contributed by atoms with Crippen LogP contribution in [0.5, 0.6) is 0 Å². The van der Waals surface area contributed by atoms with Crippen molar-refractivity contribution in [3.05, 3.63) is 46.0 Å². The van der Waals surface area contributed by atoms with E-state index in [9.17, 15) is 30.2 Å². The van der Waals surface area contributed by atoms with E-state index in [2.05, 4.69) is 4.74 Å². The van der Waals surface area contributed by atoms with Gasteiger partial charge in [0.25, 0.3) is 0 Å². The highest BCUT2D eigenvalue weighted by Crippen LogP contribution is 2.26.